The molecular weight excluding hydrogens is 644 g/mol. The largest absolute Gasteiger partial charge is 0.493 e. The molecule has 8 rings (SSSR count). The average Bonchev–Trinajstić information content (AvgIpc) is 3.72. The molecule has 0 fully saturated rings. The van der Waals surface area contributed by atoms with Gasteiger partial charge in [-0.25, -0.2) is 0 Å². The van der Waals surface area contributed by atoms with Crippen LogP contribution in [0, 0.1) is 0 Å². The topological polar surface area (TPSA) is 102 Å². The van der Waals surface area contributed by atoms with Crippen LogP contribution < -0.4 is 10.1 Å². The number of halogens is 1. The van der Waals surface area contributed by atoms with E-state index in [1.807, 2.05) is 41.5 Å². The number of aliphatic hydroxyl groups is 2. The van der Waals surface area contributed by atoms with Crippen LogP contribution in [-0.4, -0.2) is 40.9 Å². The van der Waals surface area contributed by atoms with E-state index < -0.39 is 6.29 Å². The van der Waals surface area contributed by atoms with E-state index in [2.05, 4.69) is 46.4 Å². The van der Waals surface area contributed by atoms with E-state index in [4.69, 9.17) is 26.5 Å². The second-order valence-corrected chi connectivity index (χ2v) is 14.3. The molecule has 5 heterocycles. The average molecular weight is 683 g/mol. The molecule has 0 spiro atoms. The van der Waals surface area contributed by atoms with Gasteiger partial charge in [0.25, 0.3) is 0 Å². The predicted octanol–water partition coefficient (Wildman–Crippen LogP) is 6.81. The van der Waals surface area contributed by atoms with Crippen molar-refractivity contribution in [3.8, 4) is 16.9 Å². The van der Waals surface area contributed by atoms with Gasteiger partial charge in [0.1, 0.15) is 5.75 Å². The number of nitrogens with zero attached hydrogens (tertiary/aromatic N) is 5. The highest BCUT2D eigenvalue weighted by Crippen LogP contribution is 2.44. The van der Waals surface area contributed by atoms with E-state index in [9.17, 15) is 10.2 Å². The smallest absolute Gasteiger partial charge is 0.194 e. The Balaban J connectivity index is 1.26. The Bertz CT molecular complexity index is 2170. The summed E-state index contributed by atoms with van der Waals surface area (Å²) in [6, 6.07) is 18.8. The molecule has 2 aliphatic heterocycles. The first kappa shape index (κ1) is 31.5. The molecule has 248 valence electrons. The quantitative estimate of drug-likeness (QED) is 0.164. The maximum absolute atomic E-state index is 10.7. The summed E-state index contributed by atoms with van der Waals surface area (Å²) in [5, 5.41) is 38.7. The van der Waals surface area contributed by atoms with Gasteiger partial charge in [0.2, 0.25) is 0 Å². The Hall–Kier alpha value is -3.80. The van der Waals surface area contributed by atoms with E-state index in [1.54, 1.807) is 11.8 Å². The second kappa shape index (κ2) is 12.9. The van der Waals surface area contributed by atoms with Crippen LogP contribution >= 0.6 is 23.4 Å². The van der Waals surface area contributed by atoms with E-state index in [0.717, 1.165) is 97.7 Å². The molecule has 0 amide bonds. The Morgan fingerprint density at radius 3 is 2.69 bits per heavy atom. The maximum atomic E-state index is 10.7. The number of ether oxygens (including phenoxy) is 1. The first-order valence-corrected chi connectivity index (χ1v) is 18.0. The highest BCUT2D eigenvalue weighted by atomic mass is 35.5. The van der Waals surface area contributed by atoms with Gasteiger partial charge in [-0.15, -0.1) is 11.8 Å². The van der Waals surface area contributed by atoms with E-state index in [-0.39, 0.29) is 0 Å². The van der Waals surface area contributed by atoms with Crippen molar-refractivity contribution in [3.63, 3.8) is 0 Å². The first-order valence-electron chi connectivity index (χ1n) is 16.6. The van der Waals surface area contributed by atoms with Crippen LogP contribution in [0.15, 0.2) is 59.5 Å². The summed E-state index contributed by atoms with van der Waals surface area (Å²) in [7, 11) is 3.90. The molecule has 9 nitrogen and oxygen atoms in total. The van der Waals surface area contributed by atoms with Gasteiger partial charge in [-0.05, 0) is 67.3 Å². The number of aryl methyl sites for hydroxylation is 4. The van der Waals surface area contributed by atoms with Crippen molar-refractivity contribution in [1.82, 2.24) is 29.4 Å². The third-order valence-electron chi connectivity index (χ3n) is 9.76. The highest BCUT2D eigenvalue weighted by Gasteiger charge is 2.29. The van der Waals surface area contributed by atoms with Crippen molar-refractivity contribution in [2.24, 2.45) is 14.1 Å². The molecule has 11 heteroatoms. The molecule has 3 aromatic heterocycles. The maximum Gasteiger partial charge on any atom is 0.194 e. The molecule has 3 N–H and O–H groups in total. The van der Waals surface area contributed by atoms with Gasteiger partial charge in [0.15, 0.2) is 6.29 Å². The lowest BCUT2D eigenvalue weighted by atomic mass is 9.95. The lowest BCUT2D eigenvalue weighted by Crippen LogP contribution is -2.15. The number of fused-ring (bicyclic) bond motifs is 10. The zero-order valence-electron chi connectivity index (χ0n) is 27.2. The van der Waals surface area contributed by atoms with Crippen molar-refractivity contribution in [2.75, 3.05) is 6.61 Å². The second-order valence-electron chi connectivity index (χ2n) is 12.8. The van der Waals surface area contributed by atoms with Crippen molar-refractivity contribution >= 4 is 45.0 Å². The summed E-state index contributed by atoms with van der Waals surface area (Å²) in [6.45, 7) is 2.50. The molecule has 0 unspecified atom stereocenters. The van der Waals surface area contributed by atoms with Crippen LogP contribution in [0.4, 0.5) is 0 Å². The van der Waals surface area contributed by atoms with Gasteiger partial charge in [0.05, 0.1) is 34.2 Å². The summed E-state index contributed by atoms with van der Waals surface area (Å²) in [5.74, 6) is 1.63. The van der Waals surface area contributed by atoms with E-state index in [0.29, 0.717) is 43.3 Å². The van der Waals surface area contributed by atoms with Crippen LogP contribution in [0.25, 0.3) is 32.8 Å². The molecule has 2 aliphatic rings. The van der Waals surface area contributed by atoms with Gasteiger partial charge in [-0.2, -0.15) is 10.2 Å². The summed E-state index contributed by atoms with van der Waals surface area (Å²) in [4.78, 5) is 1.14. The molecule has 8 bridgehead atoms. The Labute approximate surface area is 288 Å². The molecular formula is C37H39ClN6O3S. The molecule has 48 heavy (non-hydrogen) atoms. The Morgan fingerprint density at radius 1 is 0.938 bits per heavy atom. The predicted molar refractivity (Wildman–Crippen MR) is 190 cm³/mol. The van der Waals surface area contributed by atoms with Crippen molar-refractivity contribution in [2.45, 2.75) is 68.7 Å². The Kier molecular flexibility index (Phi) is 8.46. The molecule has 3 aromatic carbocycles. The molecule has 6 aromatic rings. The van der Waals surface area contributed by atoms with Crippen molar-refractivity contribution in [3.05, 3.63) is 93.7 Å². The number of aliphatic hydroxyl groups excluding tert-OH is 1. The number of rotatable bonds is 1. The monoisotopic (exact) mass is 682 g/mol. The van der Waals surface area contributed by atoms with Crippen LogP contribution in [-0.2, 0) is 52.3 Å². The van der Waals surface area contributed by atoms with Crippen LogP contribution in [0.5, 0.6) is 5.75 Å². The lowest BCUT2D eigenvalue weighted by Gasteiger charge is -2.17. The summed E-state index contributed by atoms with van der Waals surface area (Å²) >= 11 is 8.88. The van der Waals surface area contributed by atoms with Gasteiger partial charge in [-0.1, -0.05) is 41.9 Å². The highest BCUT2D eigenvalue weighted by molar-refractivity contribution is 7.98. The zero-order chi connectivity index (χ0) is 32.9. The SMILES string of the molecule is Cn1nc2cc1CSc1cc(c3ccccc3c1)OCCCc1c(C(O)O)n(C)c3c(c(Cl)ccc13)-c1c(nn3c1CCCC3)CNC2. The number of thioether (sulfide) groups is 1. The minimum absolute atomic E-state index is 0.478. The zero-order valence-corrected chi connectivity index (χ0v) is 28.7. The summed E-state index contributed by atoms with van der Waals surface area (Å²) in [5.41, 5.74) is 8.44. The fraction of sp³-hybridized carbons (Fsp3) is 0.351. The fourth-order valence-corrected chi connectivity index (χ4v) is 8.78. The summed E-state index contributed by atoms with van der Waals surface area (Å²) < 4.78 is 12.5. The standard InChI is InChI=1S/C37H39ClN6O3S/c1-42-35-28-12-13-29(38)33(35)34-30(41-44-14-6-5-11-31(34)44)20-39-19-23-17-24(43(2)40-23)21-48-25-16-22-8-3-4-9-26(22)32(18-25)47-15-7-10-27(28)36(42)37(45)46/h3-4,8-9,12-13,16-18,37,39,45-46H,5-7,10-11,14-15,19-21H2,1-2H3. The fourth-order valence-electron chi connectivity index (χ4n) is 7.55. The molecule has 0 saturated carbocycles. The van der Waals surface area contributed by atoms with E-state index >= 15 is 0 Å². The number of hydrogen-bond donors (Lipinski definition) is 3. The van der Waals surface area contributed by atoms with Crippen molar-refractivity contribution in [1.29, 1.82) is 0 Å². The van der Waals surface area contributed by atoms with E-state index in [1.165, 1.54) is 5.69 Å². The Morgan fingerprint density at radius 2 is 1.81 bits per heavy atom. The number of nitrogens with one attached hydrogen (secondary N) is 1. The lowest BCUT2D eigenvalue weighted by molar-refractivity contribution is -0.0481. The molecule has 0 atom stereocenters. The normalized spacial score (nSPS) is 15.8. The van der Waals surface area contributed by atoms with Gasteiger partial charge >= 0.3 is 0 Å². The summed E-state index contributed by atoms with van der Waals surface area (Å²) in [6.07, 6.45) is 2.75. The van der Waals surface area contributed by atoms with Gasteiger partial charge in [-0.3, -0.25) is 9.36 Å². The first-order chi connectivity index (χ1) is 23.4. The minimum atomic E-state index is -1.64. The number of hydrogen-bond acceptors (Lipinski definition) is 7. The van der Waals surface area contributed by atoms with Crippen molar-refractivity contribution < 1.29 is 14.9 Å². The third kappa shape index (κ3) is 5.59. The number of aromatic nitrogens is 5. The van der Waals surface area contributed by atoms with Gasteiger partial charge in [0, 0.05) is 77.7 Å². The molecule has 0 radical (unpaired) electrons. The van der Waals surface area contributed by atoms with Crippen LogP contribution in [0.2, 0.25) is 5.02 Å². The number of benzene rings is 3. The van der Waals surface area contributed by atoms with Crippen LogP contribution in [0.3, 0.4) is 0 Å². The third-order valence-corrected chi connectivity index (χ3v) is 11.1. The van der Waals surface area contributed by atoms with Gasteiger partial charge < -0.3 is 24.8 Å². The minimum Gasteiger partial charge on any atom is -0.493 e. The molecule has 0 aliphatic carbocycles. The molecule has 0 saturated heterocycles. The van der Waals surface area contributed by atoms with Crippen LogP contribution in [0.1, 0.15) is 59.6 Å².